The smallest absolute Gasteiger partial charge is 0.320 e. The first-order valence-electron chi connectivity index (χ1n) is 5.09. The first-order valence-corrected chi connectivity index (χ1v) is 5.09. The van der Waals surface area contributed by atoms with Gasteiger partial charge in [0, 0.05) is 6.54 Å². The van der Waals surface area contributed by atoms with Crippen LogP contribution in [-0.4, -0.2) is 45.8 Å². The van der Waals surface area contributed by atoms with Gasteiger partial charge in [0.15, 0.2) is 0 Å². The van der Waals surface area contributed by atoms with Gasteiger partial charge in [0.1, 0.15) is 6.04 Å². The van der Waals surface area contributed by atoms with E-state index in [0.29, 0.717) is 13.0 Å². The summed E-state index contributed by atoms with van der Waals surface area (Å²) >= 11 is 0. The molecule has 2 N–H and O–H groups in total. The molecule has 1 rings (SSSR count). The first-order chi connectivity index (χ1) is 6.40. The van der Waals surface area contributed by atoms with Crippen molar-refractivity contribution in [2.45, 2.75) is 44.8 Å². The maximum atomic E-state index is 10.9. The van der Waals surface area contributed by atoms with Crippen molar-refractivity contribution in [1.82, 2.24) is 4.90 Å². The minimum atomic E-state index is -0.814. The second-order valence-electron chi connectivity index (χ2n) is 4.63. The van der Waals surface area contributed by atoms with Gasteiger partial charge in [0.05, 0.1) is 5.60 Å². The molecule has 0 aromatic carbocycles. The highest BCUT2D eigenvalue weighted by molar-refractivity contribution is 5.73. The summed E-state index contributed by atoms with van der Waals surface area (Å²) in [7, 11) is 0. The molecule has 14 heavy (non-hydrogen) atoms. The van der Waals surface area contributed by atoms with Crippen LogP contribution in [0.3, 0.4) is 0 Å². The number of nitrogens with zero attached hydrogens (tertiary/aromatic N) is 1. The van der Waals surface area contributed by atoms with Crippen molar-refractivity contribution in [1.29, 1.82) is 0 Å². The highest BCUT2D eigenvalue weighted by Crippen LogP contribution is 2.19. The van der Waals surface area contributed by atoms with Crippen molar-refractivity contribution in [3.05, 3.63) is 0 Å². The number of aliphatic hydroxyl groups is 1. The molecule has 0 radical (unpaired) electrons. The van der Waals surface area contributed by atoms with Crippen LogP contribution in [0.1, 0.15) is 33.1 Å². The van der Waals surface area contributed by atoms with Gasteiger partial charge in [-0.2, -0.15) is 0 Å². The van der Waals surface area contributed by atoms with Gasteiger partial charge in [-0.1, -0.05) is 6.42 Å². The highest BCUT2D eigenvalue weighted by Gasteiger charge is 2.31. The zero-order chi connectivity index (χ0) is 10.8. The molecule has 82 valence electrons. The summed E-state index contributed by atoms with van der Waals surface area (Å²) in [5, 5.41) is 18.6. The molecule has 1 saturated heterocycles. The van der Waals surface area contributed by atoms with Crippen LogP contribution < -0.4 is 0 Å². The number of hydrogen-bond acceptors (Lipinski definition) is 3. The molecule has 1 unspecified atom stereocenters. The number of piperidine rings is 1. The molecule has 0 spiro atoms. The zero-order valence-electron chi connectivity index (χ0n) is 8.86. The van der Waals surface area contributed by atoms with E-state index < -0.39 is 17.6 Å². The molecule has 1 fully saturated rings. The predicted octanol–water partition coefficient (Wildman–Crippen LogP) is 0.696. The van der Waals surface area contributed by atoms with Crippen LogP contribution in [0.25, 0.3) is 0 Å². The lowest BCUT2D eigenvalue weighted by Gasteiger charge is -2.36. The Bertz CT molecular complexity index is 210. The molecule has 1 atom stereocenters. The molecule has 0 aromatic heterocycles. The van der Waals surface area contributed by atoms with Crippen LogP contribution in [0.4, 0.5) is 0 Å². The van der Waals surface area contributed by atoms with E-state index in [2.05, 4.69) is 0 Å². The number of hydrogen-bond donors (Lipinski definition) is 2. The second kappa shape index (κ2) is 4.28. The minimum Gasteiger partial charge on any atom is -0.480 e. The van der Waals surface area contributed by atoms with E-state index in [0.717, 1.165) is 19.4 Å². The predicted molar refractivity (Wildman–Crippen MR) is 53.1 cm³/mol. The number of carbonyl (C=O) groups is 1. The minimum absolute atomic E-state index is 0.407. The van der Waals surface area contributed by atoms with Gasteiger partial charge >= 0.3 is 5.97 Å². The van der Waals surface area contributed by atoms with E-state index in [1.165, 1.54) is 0 Å². The summed E-state index contributed by atoms with van der Waals surface area (Å²) in [5.74, 6) is -0.769. The summed E-state index contributed by atoms with van der Waals surface area (Å²) in [6.45, 7) is 4.63. The SMILES string of the molecule is CC(C)(O)CN1CCCCC1C(=O)O. The monoisotopic (exact) mass is 201 g/mol. The maximum absolute atomic E-state index is 10.9. The van der Waals surface area contributed by atoms with E-state index >= 15 is 0 Å². The Morgan fingerprint density at radius 3 is 2.64 bits per heavy atom. The molecule has 1 heterocycles. The summed E-state index contributed by atoms with van der Waals surface area (Å²) < 4.78 is 0. The number of rotatable bonds is 3. The number of aliphatic carboxylic acids is 1. The van der Waals surface area contributed by atoms with Crippen LogP contribution in [-0.2, 0) is 4.79 Å². The lowest BCUT2D eigenvalue weighted by Crippen LogP contribution is -2.50. The largest absolute Gasteiger partial charge is 0.480 e. The molecule has 1 aliphatic heterocycles. The summed E-state index contributed by atoms with van der Waals surface area (Å²) in [5.41, 5.74) is -0.814. The fraction of sp³-hybridized carbons (Fsp3) is 0.900. The molecular formula is C10H19NO3. The van der Waals surface area contributed by atoms with Crippen molar-refractivity contribution < 1.29 is 15.0 Å². The zero-order valence-corrected chi connectivity index (χ0v) is 8.86. The molecule has 0 amide bonds. The Hall–Kier alpha value is -0.610. The first kappa shape index (κ1) is 11.5. The van der Waals surface area contributed by atoms with E-state index in [4.69, 9.17) is 5.11 Å². The average molecular weight is 201 g/mol. The maximum Gasteiger partial charge on any atom is 0.320 e. The molecule has 0 bridgehead atoms. The van der Waals surface area contributed by atoms with Crippen LogP contribution in [0.2, 0.25) is 0 Å². The summed E-state index contributed by atoms with van der Waals surface area (Å²) in [6.07, 6.45) is 2.70. The van der Waals surface area contributed by atoms with E-state index in [9.17, 15) is 9.90 Å². The third-order valence-electron chi connectivity index (χ3n) is 2.49. The lowest BCUT2D eigenvalue weighted by molar-refractivity contribution is -0.145. The normalized spacial score (nSPS) is 24.9. The van der Waals surface area contributed by atoms with E-state index in [-0.39, 0.29) is 0 Å². The Morgan fingerprint density at radius 1 is 1.50 bits per heavy atom. The Labute approximate surface area is 84.5 Å². The van der Waals surface area contributed by atoms with Crippen molar-refractivity contribution in [2.75, 3.05) is 13.1 Å². The fourth-order valence-electron chi connectivity index (χ4n) is 1.96. The van der Waals surface area contributed by atoms with Crippen molar-refractivity contribution in [3.8, 4) is 0 Å². The summed E-state index contributed by atoms with van der Waals surface area (Å²) in [6, 6.07) is -0.407. The van der Waals surface area contributed by atoms with Crippen molar-refractivity contribution >= 4 is 5.97 Å². The van der Waals surface area contributed by atoms with Gasteiger partial charge in [-0.05, 0) is 33.2 Å². The number of carboxylic acids is 1. The quantitative estimate of drug-likeness (QED) is 0.705. The van der Waals surface area contributed by atoms with Crippen LogP contribution in [0.15, 0.2) is 0 Å². The molecule has 4 heteroatoms. The van der Waals surface area contributed by atoms with Gasteiger partial charge in [0.25, 0.3) is 0 Å². The number of likely N-dealkylation sites (tertiary alicyclic amines) is 1. The fourth-order valence-corrected chi connectivity index (χ4v) is 1.96. The standard InChI is InChI=1S/C10H19NO3/c1-10(2,14)7-11-6-4-3-5-8(11)9(12)13/h8,14H,3-7H2,1-2H3,(H,12,13). The van der Waals surface area contributed by atoms with Gasteiger partial charge in [-0.15, -0.1) is 0 Å². The molecule has 0 aliphatic carbocycles. The third-order valence-corrected chi connectivity index (χ3v) is 2.49. The third kappa shape index (κ3) is 3.27. The van der Waals surface area contributed by atoms with Crippen molar-refractivity contribution in [3.63, 3.8) is 0 Å². The Kier molecular flexibility index (Phi) is 3.50. The molecule has 4 nitrogen and oxygen atoms in total. The average Bonchev–Trinajstić information content (AvgIpc) is 2.01. The topological polar surface area (TPSA) is 60.8 Å². The van der Waals surface area contributed by atoms with Gasteiger partial charge in [-0.3, -0.25) is 9.69 Å². The van der Waals surface area contributed by atoms with E-state index in [1.54, 1.807) is 13.8 Å². The van der Waals surface area contributed by atoms with Crippen LogP contribution in [0.5, 0.6) is 0 Å². The van der Waals surface area contributed by atoms with Gasteiger partial charge in [-0.25, -0.2) is 0 Å². The molecule has 0 aromatic rings. The number of carboxylic acid groups (broad SMARTS) is 1. The van der Waals surface area contributed by atoms with Crippen LogP contribution >= 0.6 is 0 Å². The van der Waals surface area contributed by atoms with Gasteiger partial charge < -0.3 is 10.2 Å². The second-order valence-corrected chi connectivity index (χ2v) is 4.63. The van der Waals surface area contributed by atoms with Crippen molar-refractivity contribution in [2.24, 2.45) is 0 Å². The Morgan fingerprint density at radius 2 is 2.14 bits per heavy atom. The van der Waals surface area contributed by atoms with Gasteiger partial charge in [0.2, 0.25) is 0 Å². The highest BCUT2D eigenvalue weighted by atomic mass is 16.4. The molecule has 1 aliphatic rings. The Balaban J connectivity index is 2.59. The number of β-amino-alcohol motifs (C(OH)–C–C–N with tert-alkyl or cyclic N) is 1. The molecule has 0 saturated carbocycles. The van der Waals surface area contributed by atoms with E-state index in [1.807, 2.05) is 4.90 Å². The van der Waals surface area contributed by atoms with Crippen LogP contribution in [0, 0.1) is 0 Å². The lowest BCUT2D eigenvalue weighted by atomic mass is 9.99. The summed E-state index contributed by atoms with van der Waals surface area (Å²) in [4.78, 5) is 12.8. The molecular weight excluding hydrogens is 182 g/mol.